The van der Waals surface area contributed by atoms with Crippen LogP contribution in [0.5, 0.6) is 0 Å². The maximum absolute atomic E-state index is 4.66. The number of nitrogens with one attached hydrogen (secondary N) is 1. The number of halogens is 1. The Balaban J connectivity index is 2.12. The van der Waals surface area contributed by atoms with Crippen LogP contribution in [-0.2, 0) is 19.9 Å². The fourth-order valence-corrected chi connectivity index (χ4v) is 4.40. The van der Waals surface area contributed by atoms with E-state index in [1.807, 2.05) is 0 Å². The molecule has 0 amide bonds. The second-order valence-corrected chi connectivity index (χ2v) is 7.15. The van der Waals surface area contributed by atoms with Gasteiger partial charge in [0.25, 0.3) is 0 Å². The second-order valence-electron chi connectivity index (χ2n) is 6.35. The monoisotopic (exact) mass is 355 g/mol. The third kappa shape index (κ3) is 4.32. The summed E-state index contributed by atoms with van der Waals surface area (Å²) >= 11 is 3.78. The highest BCUT2D eigenvalue weighted by Gasteiger charge is 2.26. The van der Waals surface area contributed by atoms with E-state index in [9.17, 15) is 0 Å². The molecule has 0 aliphatic heterocycles. The molecule has 1 heterocycles. The van der Waals surface area contributed by atoms with Gasteiger partial charge >= 0.3 is 0 Å². The summed E-state index contributed by atoms with van der Waals surface area (Å²) in [5.41, 5.74) is 2.59. The molecule has 3 nitrogen and oxygen atoms in total. The fraction of sp³-hybridized carbons (Fsp3) is 0.824. The van der Waals surface area contributed by atoms with E-state index >= 15 is 0 Å². The van der Waals surface area contributed by atoms with Crippen LogP contribution < -0.4 is 5.32 Å². The van der Waals surface area contributed by atoms with Crippen molar-refractivity contribution in [3.8, 4) is 0 Å². The summed E-state index contributed by atoms with van der Waals surface area (Å²) in [5, 5.41) is 8.23. The van der Waals surface area contributed by atoms with E-state index in [-0.39, 0.29) is 0 Å². The number of aryl methyl sites for hydroxylation is 2. The lowest BCUT2D eigenvalue weighted by Gasteiger charge is -2.25. The van der Waals surface area contributed by atoms with Gasteiger partial charge in [-0.1, -0.05) is 33.1 Å². The summed E-state index contributed by atoms with van der Waals surface area (Å²) in [5.74, 6) is 1.61. The van der Waals surface area contributed by atoms with Crippen molar-refractivity contribution in [3.05, 3.63) is 15.9 Å². The Bertz CT molecular complexity index is 441. The van der Waals surface area contributed by atoms with Crippen LogP contribution in [0, 0.1) is 11.8 Å². The minimum absolute atomic E-state index is 0.794. The summed E-state index contributed by atoms with van der Waals surface area (Å²) in [7, 11) is 2.09. The second kappa shape index (κ2) is 8.33. The van der Waals surface area contributed by atoms with E-state index in [2.05, 4.69) is 51.9 Å². The first kappa shape index (κ1) is 17.0. The molecule has 0 spiro atoms. The van der Waals surface area contributed by atoms with Crippen molar-refractivity contribution in [2.24, 2.45) is 18.9 Å². The van der Waals surface area contributed by atoms with E-state index < -0.39 is 0 Å². The van der Waals surface area contributed by atoms with Crippen LogP contribution in [0.3, 0.4) is 0 Å². The first-order chi connectivity index (χ1) is 10.2. The molecule has 4 heteroatoms. The number of aromatic nitrogens is 2. The van der Waals surface area contributed by atoms with Gasteiger partial charge in [0.2, 0.25) is 0 Å². The number of nitrogens with zero attached hydrogens (tertiary/aromatic N) is 2. The molecule has 21 heavy (non-hydrogen) atoms. The van der Waals surface area contributed by atoms with Gasteiger partial charge < -0.3 is 5.32 Å². The maximum atomic E-state index is 4.66. The third-order valence-electron chi connectivity index (χ3n) is 4.93. The molecule has 1 aliphatic rings. The minimum atomic E-state index is 0.794. The standard InChI is InChI=1S/C17H30BrN3/c1-4-15-17(18)16(21(3)20-15)11-13-9-7-6-8-10-14(13)12-19-5-2/h13-14,19H,4-12H2,1-3H3. The first-order valence-electron chi connectivity index (χ1n) is 8.58. The average Bonchev–Trinajstić information content (AvgIpc) is 2.66. The molecule has 0 bridgehead atoms. The van der Waals surface area contributed by atoms with Crippen molar-refractivity contribution in [2.45, 2.75) is 58.8 Å². The zero-order valence-corrected chi connectivity index (χ0v) is 15.4. The van der Waals surface area contributed by atoms with Crippen molar-refractivity contribution in [3.63, 3.8) is 0 Å². The van der Waals surface area contributed by atoms with Crippen molar-refractivity contribution < 1.29 is 0 Å². The van der Waals surface area contributed by atoms with Gasteiger partial charge in [-0.2, -0.15) is 5.10 Å². The van der Waals surface area contributed by atoms with Gasteiger partial charge in [-0.25, -0.2) is 0 Å². The molecule has 2 atom stereocenters. The van der Waals surface area contributed by atoms with Crippen LogP contribution in [0.25, 0.3) is 0 Å². The van der Waals surface area contributed by atoms with E-state index in [1.165, 1.54) is 60.9 Å². The molecule has 1 saturated carbocycles. The Kier molecular flexibility index (Phi) is 6.74. The molecule has 1 aliphatic carbocycles. The zero-order valence-electron chi connectivity index (χ0n) is 13.8. The molecule has 2 unspecified atom stereocenters. The molecule has 1 fully saturated rings. The number of rotatable bonds is 6. The Hall–Kier alpha value is -0.350. The summed E-state index contributed by atoms with van der Waals surface area (Å²) in [6.45, 7) is 6.64. The Morgan fingerprint density at radius 1 is 1.19 bits per heavy atom. The largest absolute Gasteiger partial charge is 0.317 e. The summed E-state index contributed by atoms with van der Waals surface area (Å²) in [4.78, 5) is 0. The van der Waals surface area contributed by atoms with Crippen LogP contribution >= 0.6 is 15.9 Å². The average molecular weight is 356 g/mol. The van der Waals surface area contributed by atoms with Crippen molar-refractivity contribution >= 4 is 15.9 Å². The number of hydrogen-bond acceptors (Lipinski definition) is 2. The fourth-order valence-electron chi connectivity index (χ4n) is 3.62. The Morgan fingerprint density at radius 2 is 1.90 bits per heavy atom. The quantitative estimate of drug-likeness (QED) is 0.778. The van der Waals surface area contributed by atoms with Crippen LogP contribution in [0.1, 0.15) is 57.3 Å². The van der Waals surface area contributed by atoms with Crippen LogP contribution in [0.2, 0.25) is 0 Å². The molecule has 2 rings (SSSR count). The highest BCUT2D eigenvalue weighted by Crippen LogP contribution is 2.33. The van der Waals surface area contributed by atoms with Crippen LogP contribution in [0.4, 0.5) is 0 Å². The van der Waals surface area contributed by atoms with E-state index in [4.69, 9.17) is 0 Å². The minimum Gasteiger partial charge on any atom is -0.317 e. The molecular formula is C17H30BrN3. The molecule has 0 radical (unpaired) electrons. The SMILES string of the molecule is CCNCC1CCCCCC1Cc1c(Br)c(CC)nn1C. The molecule has 1 aromatic heterocycles. The van der Waals surface area contributed by atoms with Crippen molar-refractivity contribution in [2.75, 3.05) is 13.1 Å². The topological polar surface area (TPSA) is 29.9 Å². The molecule has 0 saturated heterocycles. The van der Waals surface area contributed by atoms with Crippen LogP contribution in [-0.4, -0.2) is 22.9 Å². The van der Waals surface area contributed by atoms with E-state index in [1.54, 1.807) is 0 Å². The van der Waals surface area contributed by atoms with Crippen molar-refractivity contribution in [1.29, 1.82) is 0 Å². The van der Waals surface area contributed by atoms with Crippen LogP contribution in [0.15, 0.2) is 4.47 Å². The summed E-state index contributed by atoms with van der Waals surface area (Å²) < 4.78 is 3.34. The van der Waals surface area contributed by atoms with E-state index in [0.717, 1.165) is 24.8 Å². The first-order valence-corrected chi connectivity index (χ1v) is 9.37. The molecular weight excluding hydrogens is 326 g/mol. The smallest absolute Gasteiger partial charge is 0.0766 e. The van der Waals surface area contributed by atoms with Gasteiger partial charge in [-0.15, -0.1) is 0 Å². The van der Waals surface area contributed by atoms with E-state index in [0.29, 0.717) is 0 Å². The Labute approximate surface area is 138 Å². The summed E-state index contributed by atoms with van der Waals surface area (Å²) in [6, 6.07) is 0. The highest BCUT2D eigenvalue weighted by molar-refractivity contribution is 9.10. The lowest BCUT2D eigenvalue weighted by Crippen LogP contribution is -2.29. The molecule has 120 valence electrons. The van der Waals surface area contributed by atoms with Gasteiger partial charge in [-0.05, 0) is 66.5 Å². The molecule has 0 aromatic carbocycles. The summed E-state index contributed by atoms with van der Waals surface area (Å²) in [6.07, 6.45) is 9.12. The van der Waals surface area contributed by atoms with Crippen molar-refractivity contribution in [1.82, 2.24) is 15.1 Å². The van der Waals surface area contributed by atoms with Gasteiger partial charge in [-0.3, -0.25) is 4.68 Å². The Morgan fingerprint density at radius 3 is 2.52 bits per heavy atom. The lowest BCUT2D eigenvalue weighted by atomic mass is 9.84. The highest BCUT2D eigenvalue weighted by atomic mass is 79.9. The predicted octanol–water partition coefficient (Wildman–Crippen LogP) is 4.09. The normalized spacial score (nSPS) is 23.2. The number of hydrogen-bond donors (Lipinski definition) is 1. The molecule has 1 aromatic rings. The predicted molar refractivity (Wildman–Crippen MR) is 92.6 cm³/mol. The molecule has 1 N–H and O–H groups in total. The third-order valence-corrected chi connectivity index (χ3v) is 5.85. The zero-order chi connectivity index (χ0) is 15.2. The van der Waals surface area contributed by atoms with Gasteiger partial charge in [0.05, 0.1) is 15.9 Å². The maximum Gasteiger partial charge on any atom is 0.0766 e. The van der Waals surface area contributed by atoms with Gasteiger partial charge in [0, 0.05) is 7.05 Å². The lowest BCUT2D eigenvalue weighted by molar-refractivity contribution is 0.295. The van der Waals surface area contributed by atoms with Gasteiger partial charge in [0.15, 0.2) is 0 Å². The van der Waals surface area contributed by atoms with Gasteiger partial charge in [0.1, 0.15) is 0 Å².